The average molecular weight is 293 g/mol. The second kappa shape index (κ2) is 5.94. The third-order valence-electron chi connectivity index (χ3n) is 3.39. The van der Waals surface area contributed by atoms with Crippen molar-refractivity contribution in [1.82, 2.24) is 24.0 Å². The Morgan fingerprint density at radius 2 is 2.00 bits per heavy atom. The molecule has 2 heterocycles. The van der Waals surface area contributed by atoms with Crippen LogP contribution in [0.1, 0.15) is 19.8 Å². The summed E-state index contributed by atoms with van der Waals surface area (Å²) >= 11 is 0. The molecule has 1 amide bonds. The van der Waals surface area contributed by atoms with Crippen LogP contribution in [0.25, 0.3) is 11.2 Å². The Labute approximate surface area is 121 Å². The number of amides is 1. The van der Waals surface area contributed by atoms with Gasteiger partial charge in [-0.25, -0.2) is 9.78 Å². The van der Waals surface area contributed by atoms with Gasteiger partial charge in [0.1, 0.15) is 0 Å². The molecular formula is C13H19N5O3. The Morgan fingerprint density at radius 1 is 1.29 bits per heavy atom. The molecule has 0 spiro atoms. The molecule has 2 rings (SSSR count). The van der Waals surface area contributed by atoms with Gasteiger partial charge in [0.2, 0.25) is 5.91 Å². The van der Waals surface area contributed by atoms with Crippen molar-refractivity contribution in [3.63, 3.8) is 0 Å². The molecule has 0 atom stereocenters. The molecule has 0 saturated heterocycles. The lowest BCUT2D eigenvalue weighted by Gasteiger charge is -2.06. The van der Waals surface area contributed by atoms with E-state index in [2.05, 4.69) is 10.3 Å². The van der Waals surface area contributed by atoms with Crippen molar-refractivity contribution in [1.29, 1.82) is 0 Å². The molecule has 0 unspecified atom stereocenters. The summed E-state index contributed by atoms with van der Waals surface area (Å²) in [5, 5.41) is 2.72. The maximum Gasteiger partial charge on any atom is 0.332 e. The maximum absolute atomic E-state index is 12.2. The predicted octanol–water partition coefficient (Wildman–Crippen LogP) is -0.650. The Balaban J connectivity index is 2.29. The van der Waals surface area contributed by atoms with Crippen molar-refractivity contribution in [2.75, 3.05) is 6.54 Å². The van der Waals surface area contributed by atoms with Gasteiger partial charge in [0.05, 0.1) is 6.33 Å². The highest BCUT2D eigenvalue weighted by Gasteiger charge is 2.14. The van der Waals surface area contributed by atoms with Crippen LogP contribution >= 0.6 is 0 Å². The molecule has 8 nitrogen and oxygen atoms in total. The minimum absolute atomic E-state index is 0.0118. The smallest absolute Gasteiger partial charge is 0.332 e. The van der Waals surface area contributed by atoms with E-state index in [1.54, 1.807) is 11.6 Å². The fraction of sp³-hybridized carbons (Fsp3) is 0.538. The standard InChI is InChI=1S/C13H19N5O3/c1-4-14-9(19)6-5-7-18-8-15-11-10(18)12(20)17(3)13(21)16(11)2/h8H,4-7H2,1-3H3,(H,14,19). The minimum atomic E-state index is -0.403. The lowest BCUT2D eigenvalue weighted by Crippen LogP contribution is -2.37. The first kappa shape index (κ1) is 15.0. The fourth-order valence-corrected chi connectivity index (χ4v) is 2.26. The molecule has 0 saturated carbocycles. The molecule has 0 bridgehead atoms. The van der Waals surface area contributed by atoms with Crippen LogP contribution in [-0.2, 0) is 25.4 Å². The third kappa shape index (κ3) is 2.74. The molecule has 8 heteroatoms. The zero-order valence-corrected chi connectivity index (χ0v) is 12.4. The van der Waals surface area contributed by atoms with Crippen LogP contribution in [0.4, 0.5) is 0 Å². The molecular weight excluding hydrogens is 274 g/mol. The average Bonchev–Trinajstić information content (AvgIpc) is 2.87. The lowest BCUT2D eigenvalue weighted by atomic mass is 10.3. The van der Waals surface area contributed by atoms with Gasteiger partial charge in [-0.2, -0.15) is 0 Å². The summed E-state index contributed by atoms with van der Waals surface area (Å²) in [6.07, 6.45) is 2.52. The Hall–Kier alpha value is -2.38. The highest BCUT2D eigenvalue weighted by Crippen LogP contribution is 2.07. The van der Waals surface area contributed by atoms with E-state index in [1.807, 2.05) is 6.92 Å². The lowest BCUT2D eigenvalue weighted by molar-refractivity contribution is -0.121. The summed E-state index contributed by atoms with van der Waals surface area (Å²) in [5.41, 5.74) is -0.0275. The summed E-state index contributed by atoms with van der Waals surface area (Å²) in [5.74, 6) is -0.0118. The van der Waals surface area contributed by atoms with Crippen LogP contribution in [0.3, 0.4) is 0 Å². The van der Waals surface area contributed by atoms with Crippen LogP contribution in [-0.4, -0.2) is 31.1 Å². The molecule has 0 aliphatic rings. The van der Waals surface area contributed by atoms with Gasteiger partial charge in [-0.3, -0.25) is 18.7 Å². The molecule has 2 aromatic heterocycles. The number of nitrogens with one attached hydrogen (secondary N) is 1. The minimum Gasteiger partial charge on any atom is -0.356 e. The van der Waals surface area contributed by atoms with Gasteiger partial charge in [-0.1, -0.05) is 0 Å². The summed E-state index contributed by atoms with van der Waals surface area (Å²) in [6, 6.07) is 0. The second-order valence-corrected chi connectivity index (χ2v) is 4.87. The zero-order valence-electron chi connectivity index (χ0n) is 12.4. The van der Waals surface area contributed by atoms with Gasteiger partial charge in [0.25, 0.3) is 5.56 Å². The van der Waals surface area contributed by atoms with Crippen LogP contribution in [0.2, 0.25) is 0 Å². The normalized spacial score (nSPS) is 11.0. The van der Waals surface area contributed by atoms with E-state index >= 15 is 0 Å². The SMILES string of the molecule is CCNC(=O)CCCn1cnc2c1c(=O)n(C)c(=O)n2C. The molecule has 0 aromatic carbocycles. The highest BCUT2D eigenvalue weighted by atomic mass is 16.2. The topological polar surface area (TPSA) is 90.9 Å². The van der Waals surface area contributed by atoms with Crippen LogP contribution in [0.5, 0.6) is 0 Å². The summed E-state index contributed by atoms with van der Waals surface area (Å²) in [4.78, 5) is 39.5. The zero-order chi connectivity index (χ0) is 15.6. The van der Waals surface area contributed by atoms with Crippen LogP contribution in [0.15, 0.2) is 15.9 Å². The third-order valence-corrected chi connectivity index (χ3v) is 3.39. The first-order valence-electron chi connectivity index (χ1n) is 6.85. The van der Waals surface area contributed by atoms with Crippen molar-refractivity contribution in [3.05, 3.63) is 27.2 Å². The molecule has 0 fully saturated rings. The van der Waals surface area contributed by atoms with Crippen molar-refractivity contribution in [2.45, 2.75) is 26.3 Å². The van der Waals surface area contributed by atoms with Gasteiger partial charge >= 0.3 is 5.69 Å². The summed E-state index contributed by atoms with van der Waals surface area (Å²) < 4.78 is 4.09. The number of hydrogen-bond acceptors (Lipinski definition) is 4. The molecule has 2 aromatic rings. The van der Waals surface area contributed by atoms with E-state index in [0.29, 0.717) is 37.1 Å². The Kier molecular flexibility index (Phi) is 4.25. The molecule has 1 N–H and O–H groups in total. The van der Waals surface area contributed by atoms with E-state index in [9.17, 15) is 14.4 Å². The number of carbonyl (C=O) groups is 1. The molecule has 21 heavy (non-hydrogen) atoms. The van der Waals surface area contributed by atoms with Crippen molar-refractivity contribution in [2.24, 2.45) is 14.1 Å². The van der Waals surface area contributed by atoms with E-state index in [-0.39, 0.29) is 11.5 Å². The van der Waals surface area contributed by atoms with Gasteiger partial charge in [0, 0.05) is 33.6 Å². The van der Waals surface area contributed by atoms with Crippen LogP contribution in [0, 0.1) is 0 Å². The molecule has 114 valence electrons. The van der Waals surface area contributed by atoms with Gasteiger partial charge in [-0.05, 0) is 13.3 Å². The number of fused-ring (bicyclic) bond motifs is 1. The number of carbonyl (C=O) groups excluding carboxylic acids is 1. The highest BCUT2D eigenvalue weighted by molar-refractivity contribution is 5.75. The first-order chi connectivity index (χ1) is 9.97. The fourth-order valence-electron chi connectivity index (χ4n) is 2.26. The van der Waals surface area contributed by atoms with E-state index in [1.165, 1.54) is 17.9 Å². The van der Waals surface area contributed by atoms with Crippen LogP contribution < -0.4 is 16.6 Å². The number of imidazole rings is 1. The summed E-state index contributed by atoms with van der Waals surface area (Å²) in [7, 11) is 3.02. The van der Waals surface area contributed by atoms with Crippen molar-refractivity contribution < 1.29 is 4.79 Å². The van der Waals surface area contributed by atoms with E-state index in [0.717, 1.165) is 4.57 Å². The second-order valence-electron chi connectivity index (χ2n) is 4.87. The Morgan fingerprint density at radius 3 is 2.67 bits per heavy atom. The number of rotatable bonds is 5. The number of hydrogen-bond donors (Lipinski definition) is 1. The monoisotopic (exact) mass is 293 g/mol. The number of aryl methyl sites for hydroxylation is 2. The molecule has 0 aliphatic heterocycles. The number of nitrogens with zero attached hydrogens (tertiary/aromatic N) is 4. The largest absolute Gasteiger partial charge is 0.356 e. The molecule has 0 radical (unpaired) electrons. The Bertz CT molecular complexity index is 783. The number of aromatic nitrogens is 4. The van der Waals surface area contributed by atoms with E-state index in [4.69, 9.17) is 0 Å². The van der Waals surface area contributed by atoms with Crippen molar-refractivity contribution >= 4 is 17.1 Å². The quantitative estimate of drug-likeness (QED) is 0.793. The van der Waals surface area contributed by atoms with Gasteiger partial charge in [-0.15, -0.1) is 0 Å². The first-order valence-corrected chi connectivity index (χ1v) is 6.85. The van der Waals surface area contributed by atoms with Crippen molar-refractivity contribution in [3.8, 4) is 0 Å². The predicted molar refractivity (Wildman–Crippen MR) is 78.1 cm³/mol. The maximum atomic E-state index is 12.2. The molecule has 0 aliphatic carbocycles. The van der Waals surface area contributed by atoms with Gasteiger partial charge < -0.3 is 9.88 Å². The van der Waals surface area contributed by atoms with Gasteiger partial charge in [0.15, 0.2) is 11.2 Å². The summed E-state index contributed by atoms with van der Waals surface area (Å²) in [6.45, 7) is 2.97. The van der Waals surface area contributed by atoms with E-state index < -0.39 is 5.69 Å².